The third kappa shape index (κ3) is 2.53. The molecule has 1 N–H and O–H groups in total. The molecule has 4 heteroatoms. The Balaban J connectivity index is 2.12. The number of nitrogens with one attached hydrogen (secondary N) is 1. The van der Waals surface area contributed by atoms with E-state index in [1.165, 1.54) is 11.3 Å². The van der Waals surface area contributed by atoms with Gasteiger partial charge in [0.1, 0.15) is 0 Å². The number of halogens is 1. The zero-order chi connectivity index (χ0) is 10.7. The van der Waals surface area contributed by atoms with E-state index in [4.69, 9.17) is 16.3 Å². The van der Waals surface area contributed by atoms with Gasteiger partial charge in [0.15, 0.2) is 0 Å². The third-order valence-corrected chi connectivity index (χ3v) is 4.35. The van der Waals surface area contributed by atoms with Crippen LogP contribution in [0.5, 0.6) is 0 Å². The van der Waals surface area contributed by atoms with Crippen LogP contribution in [0.3, 0.4) is 0 Å². The second kappa shape index (κ2) is 5.30. The Morgan fingerprint density at radius 1 is 1.67 bits per heavy atom. The summed E-state index contributed by atoms with van der Waals surface area (Å²) >= 11 is 7.89. The topological polar surface area (TPSA) is 21.3 Å². The Labute approximate surface area is 99.6 Å². The number of hydrogen-bond acceptors (Lipinski definition) is 3. The van der Waals surface area contributed by atoms with Gasteiger partial charge in [0.05, 0.1) is 11.6 Å². The predicted molar refractivity (Wildman–Crippen MR) is 64.7 cm³/mol. The fourth-order valence-electron chi connectivity index (χ4n) is 2.14. The second-order valence-electron chi connectivity index (χ2n) is 3.88. The van der Waals surface area contributed by atoms with Gasteiger partial charge in [-0.3, -0.25) is 0 Å². The monoisotopic (exact) mass is 245 g/mol. The average molecular weight is 246 g/mol. The number of ether oxygens (including phenoxy) is 1. The van der Waals surface area contributed by atoms with Crippen LogP contribution in [-0.2, 0) is 4.74 Å². The summed E-state index contributed by atoms with van der Waals surface area (Å²) in [5, 5.41) is 6.29. The quantitative estimate of drug-likeness (QED) is 0.884. The lowest BCUT2D eigenvalue weighted by atomic mass is 9.93. The molecule has 2 unspecified atom stereocenters. The molecule has 0 aromatic carbocycles. The lowest BCUT2D eigenvalue weighted by Gasteiger charge is -2.29. The van der Waals surface area contributed by atoms with Crippen LogP contribution in [0.25, 0.3) is 0 Å². The molecule has 0 spiro atoms. The molecule has 1 aliphatic rings. The van der Waals surface area contributed by atoms with E-state index in [9.17, 15) is 0 Å². The van der Waals surface area contributed by atoms with Crippen LogP contribution in [-0.4, -0.2) is 20.3 Å². The molecule has 15 heavy (non-hydrogen) atoms. The van der Waals surface area contributed by atoms with Gasteiger partial charge in [-0.25, -0.2) is 0 Å². The van der Waals surface area contributed by atoms with Crippen molar-refractivity contribution in [3.63, 3.8) is 0 Å². The molecular weight excluding hydrogens is 230 g/mol. The summed E-state index contributed by atoms with van der Waals surface area (Å²) in [5.74, 6) is 0.555. The minimum atomic E-state index is 0.345. The highest BCUT2D eigenvalue weighted by molar-refractivity contribution is 7.10. The van der Waals surface area contributed by atoms with Gasteiger partial charge >= 0.3 is 0 Å². The molecule has 0 bridgehead atoms. The van der Waals surface area contributed by atoms with Crippen LogP contribution in [0.15, 0.2) is 11.4 Å². The Morgan fingerprint density at radius 3 is 3.07 bits per heavy atom. The van der Waals surface area contributed by atoms with Gasteiger partial charge in [0.25, 0.3) is 0 Å². The Kier molecular flexibility index (Phi) is 4.03. The zero-order valence-corrected chi connectivity index (χ0v) is 10.4. The molecule has 1 fully saturated rings. The SMILES string of the molecule is CNC(c1sccc1Cl)C1CCCOC1. The number of thiophene rings is 1. The maximum atomic E-state index is 6.16. The van der Waals surface area contributed by atoms with Crippen LogP contribution >= 0.6 is 22.9 Å². The largest absolute Gasteiger partial charge is 0.381 e. The normalized spacial score (nSPS) is 24.0. The van der Waals surface area contributed by atoms with Crippen LogP contribution in [0.4, 0.5) is 0 Å². The van der Waals surface area contributed by atoms with Crippen molar-refractivity contribution in [2.75, 3.05) is 20.3 Å². The van der Waals surface area contributed by atoms with E-state index in [0.717, 1.165) is 24.7 Å². The second-order valence-corrected chi connectivity index (χ2v) is 5.23. The lowest BCUT2D eigenvalue weighted by molar-refractivity contribution is 0.0407. The molecule has 0 amide bonds. The van der Waals surface area contributed by atoms with Gasteiger partial charge in [0.2, 0.25) is 0 Å². The molecular formula is C11H16ClNOS. The highest BCUT2D eigenvalue weighted by Crippen LogP contribution is 2.35. The van der Waals surface area contributed by atoms with E-state index in [-0.39, 0.29) is 0 Å². The summed E-state index contributed by atoms with van der Waals surface area (Å²) in [7, 11) is 2.00. The van der Waals surface area contributed by atoms with Crippen molar-refractivity contribution < 1.29 is 4.74 Å². The summed E-state index contributed by atoms with van der Waals surface area (Å²) in [4.78, 5) is 1.25. The highest BCUT2D eigenvalue weighted by atomic mass is 35.5. The van der Waals surface area contributed by atoms with E-state index >= 15 is 0 Å². The van der Waals surface area contributed by atoms with Crippen molar-refractivity contribution in [3.05, 3.63) is 21.3 Å². The van der Waals surface area contributed by atoms with Crippen molar-refractivity contribution >= 4 is 22.9 Å². The molecule has 1 aromatic rings. The van der Waals surface area contributed by atoms with Gasteiger partial charge < -0.3 is 10.1 Å². The van der Waals surface area contributed by atoms with Crippen LogP contribution < -0.4 is 5.32 Å². The van der Waals surface area contributed by atoms with Crippen LogP contribution in [0, 0.1) is 5.92 Å². The van der Waals surface area contributed by atoms with Gasteiger partial charge in [-0.15, -0.1) is 11.3 Å². The molecule has 2 rings (SSSR count). The fourth-order valence-corrected chi connectivity index (χ4v) is 3.51. The smallest absolute Gasteiger partial charge is 0.0561 e. The molecule has 0 aliphatic carbocycles. The summed E-state index contributed by atoms with van der Waals surface area (Å²) in [6.07, 6.45) is 2.38. The predicted octanol–water partition coefficient (Wildman–Crippen LogP) is 3.09. The summed E-state index contributed by atoms with van der Waals surface area (Å²) in [6.45, 7) is 1.75. The molecule has 0 saturated carbocycles. The van der Waals surface area contributed by atoms with E-state index in [1.54, 1.807) is 11.3 Å². The number of rotatable bonds is 3. The lowest BCUT2D eigenvalue weighted by Crippen LogP contribution is -2.31. The Bertz CT molecular complexity index is 309. The van der Waals surface area contributed by atoms with E-state index in [0.29, 0.717) is 12.0 Å². The molecule has 1 saturated heterocycles. The summed E-state index contributed by atoms with van der Waals surface area (Å²) in [6, 6.07) is 2.31. The Morgan fingerprint density at radius 2 is 2.53 bits per heavy atom. The average Bonchev–Trinajstić information content (AvgIpc) is 2.68. The van der Waals surface area contributed by atoms with Crippen LogP contribution in [0.1, 0.15) is 23.8 Å². The fraction of sp³-hybridized carbons (Fsp3) is 0.636. The first-order valence-electron chi connectivity index (χ1n) is 5.31. The molecule has 2 heterocycles. The van der Waals surface area contributed by atoms with Crippen molar-refractivity contribution in [2.45, 2.75) is 18.9 Å². The van der Waals surface area contributed by atoms with E-state index < -0.39 is 0 Å². The van der Waals surface area contributed by atoms with Gasteiger partial charge in [-0.1, -0.05) is 11.6 Å². The van der Waals surface area contributed by atoms with Gasteiger partial charge in [-0.05, 0) is 31.3 Å². The van der Waals surface area contributed by atoms with E-state index in [2.05, 4.69) is 5.32 Å². The summed E-state index contributed by atoms with van der Waals surface area (Å²) < 4.78 is 5.52. The highest BCUT2D eigenvalue weighted by Gasteiger charge is 2.26. The standard InChI is InChI=1S/C11H16ClNOS/c1-13-10(8-3-2-5-14-7-8)11-9(12)4-6-15-11/h4,6,8,10,13H,2-3,5,7H2,1H3. The minimum absolute atomic E-state index is 0.345. The first-order chi connectivity index (χ1) is 7.33. The zero-order valence-electron chi connectivity index (χ0n) is 8.83. The van der Waals surface area contributed by atoms with Crippen molar-refractivity contribution in [1.29, 1.82) is 0 Å². The maximum absolute atomic E-state index is 6.16. The van der Waals surface area contributed by atoms with E-state index in [1.807, 2.05) is 18.5 Å². The van der Waals surface area contributed by atoms with Crippen molar-refractivity contribution in [2.24, 2.45) is 5.92 Å². The van der Waals surface area contributed by atoms with Crippen LogP contribution in [0.2, 0.25) is 5.02 Å². The molecule has 2 atom stereocenters. The summed E-state index contributed by atoms with van der Waals surface area (Å²) in [5.41, 5.74) is 0. The third-order valence-electron chi connectivity index (χ3n) is 2.91. The first kappa shape index (κ1) is 11.4. The molecule has 84 valence electrons. The number of hydrogen-bond donors (Lipinski definition) is 1. The molecule has 1 aliphatic heterocycles. The van der Waals surface area contributed by atoms with Gasteiger partial charge in [0, 0.05) is 23.4 Å². The maximum Gasteiger partial charge on any atom is 0.0561 e. The first-order valence-corrected chi connectivity index (χ1v) is 6.56. The Hall–Kier alpha value is -0.0900. The van der Waals surface area contributed by atoms with Crippen molar-refractivity contribution in [3.8, 4) is 0 Å². The van der Waals surface area contributed by atoms with Gasteiger partial charge in [-0.2, -0.15) is 0 Å². The molecule has 1 aromatic heterocycles. The minimum Gasteiger partial charge on any atom is -0.381 e. The van der Waals surface area contributed by atoms with Crippen molar-refractivity contribution in [1.82, 2.24) is 5.32 Å². The molecule has 0 radical (unpaired) electrons. The molecule has 2 nitrogen and oxygen atoms in total.